The number of hydrogen-bond acceptors (Lipinski definition) is 3. The summed E-state index contributed by atoms with van der Waals surface area (Å²) in [5.74, 6) is -0.326. The number of piperidine rings is 1. The number of allylic oxidation sites excluding steroid dienone is 1. The monoisotopic (exact) mass is 322 g/mol. The van der Waals surface area contributed by atoms with Crippen molar-refractivity contribution in [2.24, 2.45) is 5.73 Å². The molecule has 0 saturated carbocycles. The molecule has 1 aliphatic heterocycles. The lowest BCUT2D eigenvalue weighted by atomic mass is 9.72. The maximum Gasteiger partial charge on any atom is 0.228 e. The maximum atomic E-state index is 12.2. The number of rotatable bonds is 6. The quantitative estimate of drug-likeness (QED) is 0.804. The van der Waals surface area contributed by atoms with Crippen LogP contribution in [-0.4, -0.2) is 37.5 Å². The molecule has 0 bridgehead atoms. The number of sulfonamides is 1. The van der Waals surface area contributed by atoms with E-state index in [0.29, 0.717) is 32.4 Å². The van der Waals surface area contributed by atoms with Crippen molar-refractivity contribution in [3.05, 3.63) is 48.6 Å². The summed E-state index contributed by atoms with van der Waals surface area (Å²) in [5.41, 5.74) is 5.74. The topological polar surface area (TPSA) is 80.5 Å². The van der Waals surface area contributed by atoms with Crippen molar-refractivity contribution in [1.82, 2.24) is 4.31 Å². The highest BCUT2D eigenvalue weighted by Crippen LogP contribution is 2.36. The summed E-state index contributed by atoms with van der Waals surface area (Å²) in [6.07, 6.45) is 2.86. The minimum absolute atomic E-state index is 0.0609. The van der Waals surface area contributed by atoms with Gasteiger partial charge in [-0.05, 0) is 24.8 Å². The third-order valence-electron chi connectivity index (χ3n) is 4.35. The van der Waals surface area contributed by atoms with Crippen LogP contribution in [0.25, 0.3) is 0 Å². The molecule has 0 aliphatic carbocycles. The van der Waals surface area contributed by atoms with Crippen molar-refractivity contribution >= 4 is 15.9 Å². The second-order valence-corrected chi connectivity index (χ2v) is 7.69. The Morgan fingerprint density at radius 3 is 2.36 bits per heavy atom. The van der Waals surface area contributed by atoms with Gasteiger partial charge in [-0.1, -0.05) is 36.4 Å². The SMILES string of the molecule is C=CCCS(=O)(=O)N1CCC(C(N)=O)(c2ccccc2)CC1. The van der Waals surface area contributed by atoms with Crippen LogP contribution in [0.5, 0.6) is 0 Å². The lowest BCUT2D eigenvalue weighted by Crippen LogP contribution is -2.51. The van der Waals surface area contributed by atoms with Crippen LogP contribution in [0.2, 0.25) is 0 Å². The molecule has 1 amide bonds. The van der Waals surface area contributed by atoms with E-state index in [0.717, 1.165) is 5.56 Å². The molecular formula is C16H22N2O3S. The summed E-state index contributed by atoms with van der Waals surface area (Å²) in [6.45, 7) is 4.18. The third kappa shape index (κ3) is 3.23. The Bertz CT molecular complexity index is 633. The first kappa shape index (κ1) is 16.7. The van der Waals surface area contributed by atoms with Crippen LogP contribution in [-0.2, 0) is 20.2 Å². The number of nitrogens with zero attached hydrogens (tertiary/aromatic N) is 1. The van der Waals surface area contributed by atoms with Crippen LogP contribution < -0.4 is 5.73 Å². The van der Waals surface area contributed by atoms with Crippen LogP contribution in [0.15, 0.2) is 43.0 Å². The van der Waals surface area contributed by atoms with E-state index in [2.05, 4.69) is 6.58 Å². The van der Waals surface area contributed by atoms with Crippen LogP contribution >= 0.6 is 0 Å². The van der Waals surface area contributed by atoms with Crippen molar-refractivity contribution in [1.29, 1.82) is 0 Å². The van der Waals surface area contributed by atoms with E-state index in [-0.39, 0.29) is 11.7 Å². The molecule has 1 fully saturated rings. The Balaban J connectivity index is 2.18. The molecule has 2 N–H and O–H groups in total. The summed E-state index contributed by atoms with van der Waals surface area (Å²) in [6, 6.07) is 9.38. The average molecular weight is 322 g/mol. The zero-order chi connectivity index (χ0) is 16.2. The number of carbonyl (C=O) groups is 1. The predicted octanol–water partition coefficient (Wildman–Crippen LogP) is 1.41. The van der Waals surface area contributed by atoms with E-state index in [1.165, 1.54) is 4.31 Å². The standard InChI is InChI=1S/C16H22N2O3S/c1-2-3-13-22(20,21)18-11-9-16(10-12-18,15(17)19)14-7-5-4-6-8-14/h2,4-8H,1,3,9-13H2,(H2,17,19). The summed E-state index contributed by atoms with van der Waals surface area (Å²) >= 11 is 0. The second kappa shape index (κ2) is 6.62. The molecule has 1 saturated heterocycles. The van der Waals surface area contributed by atoms with Crippen molar-refractivity contribution in [3.63, 3.8) is 0 Å². The Morgan fingerprint density at radius 2 is 1.86 bits per heavy atom. The number of primary amides is 1. The number of amides is 1. The Labute approximate surface area is 131 Å². The van der Waals surface area contributed by atoms with Crippen LogP contribution in [0.1, 0.15) is 24.8 Å². The van der Waals surface area contributed by atoms with Crippen molar-refractivity contribution in [2.75, 3.05) is 18.8 Å². The van der Waals surface area contributed by atoms with Crippen LogP contribution in [0, 0.1) is 0 Å². The fourth-order valence-electron chi connectivity index (χ4n) is 2.94. The molecule has 120 valence electrons. The van der Waals surface area contributed by atoms with Gasteiger partial charge < -0.3 is 5.73 Å². The number of benzene rings is 1. The van der Waals surface area contributed by atoms with E-state index < -0.39 is 15.4 Å². The van der Waals surface area contributed by atoms with Gasteiger partial charge in [-0.25, -0.2) is 12.7 Å². The summed E-state index contributed by atoms with van der Waals surface area (Å²) in [7, 11) is -3.29. The van der Waals surface area contributed by atoms with E-state index in [9.17, 15) is 13.2 Å². The van der Waals surface area contributed by atoms with Crippen molar-refractivity contribution in [3.8, 4) is 0 Å². The highest BCUT2D eigenvalue weighted by molar-refractivity contribution is 7.89. The van der Waals surface area contributed by atoms with Gasteiger partial charge in [0.15, 0.2) is 0 Å². The number of carbonyl (C=O) groups excluding carboxylic acids is 1. The normalized spacial score (nSPS) is 18.7. The Morgan fingerprint density at radius 1 is 1.27 bits per heavy atom. The van der Waals surface area contributed by atoms with Gasteiger partial charge in [-0.3, -0.25) is 4.79 Å². The van der Waals surface area contributed by atoms with E-state index in [1.54, 1.807) is 6.08 Å². The number of nitrogens with two attached hydrogens (primary N) is 1. The van der Waals surface area contributed by atoms with Gasteiger partial charge in [0.1, 0.15) is 0 Å². The first-order valence-corrected chi connectivity index (χ1v) is 8.97. The van der Waals surface area contributed by atoms with Crippen molar-refractivity contribution < 1.29 is 13.2 Å². The highest BCUT2D eigenvalue weighted by Gasteiger charge is 2.43. The Kier molecular flexibility index (Phi) is 5.03. The molecule has 0 spiro atoms. The minimum Gasteiger partial charge on any atom is -0.369 e. The zero-order valence-corrected chi connectivity index (χ0v) is 13.4. The largest absolute Gasteiger partial charge is 0.369 e. The second-order valence-electron chi connectivity index (χ2n) is 5.60. The molecule has 1 heterocycles. The molecule has 5 nitrogen and oxygen atoms in total. The molecule has 1 aromatic rings. The molecule has 22 heavy (non-hydrogen) atoms. The molecule has 0 aromatic heterocycles. The maximum absolute atomic E-state index is 12.2. The molecule has 2 rings (SSSR count). The van der Waals surface area contributed by atoms with Gasteiger partial charge in [-0.15, -0.1) is 6.58 Å². The van der Waals surface area contributed by atoms with Crippen molar-refractivity contribution in [2.45, 2.75) is 24.7 Å². The molecule has 0 unspecified atom stereocenters. The van der Waals surface area contributed by atoms with Crippen LogP contribution in [0.3, 0.4) is 0 Å². The molecule has 1 aliphatic rings. The summed E-state index contributed by atoms with van der Waals surface area (Å²) < 4.78 is 25.9. The summed E-state index contributed by atoms with van der Waals surface area (Å²) in [4.78, 5) is 12.0. The first-order valence-electron chi connectivity index (χ1n) is 7.36. The van der Waals surface area contributed by atoms with Gasteiger partial charge in [0.2, 0.25) is 15.9 Å². The van der Waals surface area contributed by atoms with Gasteiger partial charge in [0, 0.05) is 13.1 Å². The molecule has 0 atom stereocenters. The Hall–Kier alpha value is -1.66. The smallest absolute Gasteiger partial charge is 0.228 e. The zero-order valence-electron chi connectivity index (χ0n) is 12.6. The van der Waals surface area contributed by atoms with E-state index in [1.807, 2.05) is 30.3 Å². The fraction of sp³-hybridized carbons (Fsp3) is 0.438. The van der Waals surface area contributed by atoms with Crippen LogP contribution in [0.4, 0.5) is 0 Å². The highest BCUT2D eigenvalue weighted by atomic mass is 32.2. The first-order chi connectivity index (χ1) is 10.4. The molecule has 6 heteroatoms. The molecule has 1 aromatic carbocycles. The lowest BCUT2D eigenvalue weighted by Gasteiger charge is -2.39. The van der Waals surface area contributed by atoms with E-state index >= 15 is 0 Å². The van der Waals surface area contributed by atoms with E-state index in [4.69, 9.17) is 5.73 Å². The molecule has 0 radical (unpaired) electrons. The van der Waals surface area contributed by atoms with Gasteiger partial charge in [0.05, 0.1) is 11.2 Å². The average Bonchev–Trinajstić information content (AvgIpc) is 2.53. The third-order valence-corrected chi connectivity index (χ3v) is 6.25. The van der Waals surface area contributed by atoms with Gasteiger partial charge in [0.25, 0.3) is 0 Å². The van der Waals surface area contributed by atoms with Gasteiger partial charge >= 0.3 is 0 Å². The summed E-state index contributed by atoms with van der Waals surface area (Å²) in [5, 5.41) is 0. The fourth-order valence-corrected chi connectivity index (χ4v) is 4.40. The predicted molar refractivity (Wildman–Crippen MR) is 86.7 cm³/mol. The minimum atomic E-state index is -3.29. The number of hydrogen-bond donors (Lipinski definition) is 1. The lowest BCUT2D eigenvalue weighted by molar-refractivity contribution is -0.125. The molecular weight excluding hydrogens is 300 g/mol. The van der Waals surface area contributed by atoms with Gasteiger partial charge in [-0.2, -0.15) is 0 Å².